The second-order valence-electron chi connectivity index (χ2n) is 65.0. The van der Waals surface area contributed by atoms with E-state index in [1.165, 1.54) is 509 Å². The summed E-state index contributed by atoms with van der Waals surface area (Å²) in [5, 5.41) is 0. The molecule has 0 nitrogen and oxygen atoms in total. The Morgan fingerprint density at radius 3 is 0.242 bits per heavy atom. The number of hydrogen-bond acceptors (Lipinski definition) is 0. The molecule has 0 aromatic rings. The van der Waals surface area contributed by atoms with Gasteiger partial charge in [0.1, 0.15) is 0 Å². The van der Waals surface area contributed by atoms with Gasteiger partial charge in [0.05, 0.1) is 0 Å². The van der Waals surface area contributed by atoms with E-state index in [4.69, 9.17) is 0 Å². The SMILES string of the molecule is C1CC2CC3CC4CC5CC6CC7CC8CC9CC%10CC%11CC%12CC%13CC%14CC%15CCCC%16C%17CCCC%18CC%19CC%20CC%21CC%22CC%23CC%24CC%25CC%26CC%27CC%28CC%29CC%30CC%31CCCC%32C(C1)C2C1C3C2C4C3C5C4C6C5C7C6C8C7C9C8C%10C9C%11C%10C%12C%11C%13C%12C%14C(C%15%16)C(C%18%17)C%19C%12C%20C%11C%21C%10C%22C9C%23C8C%24C7C%25C6C%26C5C%27C4C%28C3C%29C2C%30C1C%31%32. The zero-order valence-electron chi connectivity index (χ0n) is 76.5. The highest BCUT2D eigenvalue weighted by atomic mass is 15.0. The number of rotatable bonds is 0. The second-order valence-corrected chi connectivity index (χ2v) is 65.0. The van der Waals surface area contributed by atoms with E-state index in [0.29, 0.717) is 0 Å². The Balaban J connectivity index is 0.449. The highest BCUT2D eigenvalue weighted by Gasteiger charge is 2.91. The summed E-state index contributed by atoms with van der Waals surface area (Å²) in [4.78, 5) is 0. The molecule has 0 saturated heterocycles. The van der Waals surface area contributed by atoms with Crippen molar-refractivity contribution in [2.75, 3.05) is 0 Å². The minimum Gasteiger partial charge on any atom is -0.0527 e. The van der Waals surface area contributed by atoms with E-state index in [9.17, 15) is 0 Å². The molecule has 658 valence electrons. The van der Waals surface area contributed by atoms with Crippen LogP contribution in [0.4, 0.5) is 0 Å². The van der Waals surface area contributed by atoms with Crippen LogP contribution in [0.3, 0.4) is 0 Å². The molecule has 0 radical (unpaired) electrons. The lowest BCUT2D eigenvalue weighted by molar-refractivity contribution is -0.401. The summed E-state index contributed by atoms with van der Waals surface area (Å²) in [6.45, 7) is 0. The van der Waals surface area contributed by atoms with Crippen molar-refractivity contribution < 1.29 is 0 Å². The van der Waals surface area contributed by atoms with Gasteiger partial charge in [0.2, 0.25) is 0 Å². The third kappa shape index (κ3) is 6.51. The number of hydrogen-bond donors (Lipinski definition) is 0. The Kier molecular flexibility index (Phi) is 11.3. The van der Waals surface area contributed by atoms with E-state index in [-0.39, 0.29) is 0 Å². The maximum atomic E-state index is 1.84. The summed E-state index contributed by atoms with van der Waals surface area (Å²) < 4.78 is 0. The molecule has 0 aromatic carbocycles. The van der Waals surface area contributed by atoms with Crippen LogP contribution in [0.5, 0.6) is 0 Å². The molecule has 84 atom stereocenters. The summed E-state index contributed by atoms with van der Waals surface area (Å²) in [5.41, 5.74) is 0. The molecular weight excluding hydrogens is 1490 g/mol. The van der Waals surface area contributed by atoms with Gasteiger partial charge in [-0.25, -0.2) is 0 Å². The standard InChI is InChI=1S/C124H162/c1-5-39-13-43-17-47-21-51-25-55-29-59-33-63-37-64-35-61-31-57-27-53-23-49-19-45-15-41-7-3-11-69-70-12-4-8-42-16-46-20-50-24-54-28-58-32-62-36-66-38-65-34-60-30-56-26-52-22-48-18-44-14-40-6-2-10-68-67(9-1)71(39)99-75(43)103-79(47)107-83(51)111-87(55)115-91(59)119-95(63)123-97(64)121-93(61)117-89(57)113-85(53)109-81(49)105-77(45)101(73(41)69)102(74(42)70)78(46)106(105)82(50)110(109)86(54)114(113)90(58)118(117)94(62)122(121)98(66)124(123)96(65)120(119)92(60)116(115)88(56)112(111)84(52)108(107)80(48)104(103)76(44)100(99)72(40)68/h39-124H,1-38H2. The molecule has 124 heavy (non-hydrogen) atoms. The van der Waals surface area contributed by atoms with Crippen molar-refractivity contribution in [1.82, 2.24) is 0 Å². The van der Waals surface area contributed by atoms with E-state index in [1.807, 2.05) is 141 Å². The third-order valence-corrected chi connectivity index (χ3v) is 67.4. The van der Waals surface area contributed by atoms with Gasteiger partial charge in [-0.05, 0) is 702 Å². The highest BCUT2D eigenvalue weighted by Crippen LogP contribution is 2.96. The fraction of sp³-hybridized carbons (Fsp3) is 1.00. The van der Waals surface area contributed by atoms with Gasteiger partial charge in [-0.1, -0.05) is 51.4 Å². The molecule has 0 spiro atoms. The minimum atomic E-state index is 1.17. The zero-order valence-corrected chi connectivity index (χ0v) is 76.5. The first-order valence-corrected chi connectivity index (χ1v) is 61.5. The van der Waals surface area contributed by atoms with Crippen molar-refractivity contribution in [2.45, 2.75) is 244 Å². The first-order valence-electron chi connectivity index (χ1n) is 61.5. The van der Waals surface area contributed by atoms with Crippen LogP contribution in [0.25, 0.3) is 0 Å². The minimum absolute atomic E-state index is 1.17. The maximum absolute atomic E-state index is 1.84. The monoisotopic (exact) mass is 1650 g/mol. The molecule has 84 unspecified atom stereocenters. The molecule has 0 bridgehead atoms. The Bertz CT molecular complexity index is 4250. The molecule has 44 aliphatic rings. The maximum Gasteiger partial charge on any atom is -0.0312 e. The van der Waals surface area contributed by atoms with Crippen molar-refractivity contribution in [1.29, 1.82) is 0 Å². The molecule has 0 heterocycles. The zero-order chi connectivity index (χ0) is 76.5. The molecule has 0 aromatic heterocycles. The van der Waals surface area contributed by atoms with Gasteiger partial charge in [-0.15, -0.1) is 0 Å². The van der Waals surface area contributed by atoms with Crippen LogP contribution in [0.2, 0.25) is 0 Å². The Morgan fingerprint density at radius 2 is 0.145 bits per heavy atom. The molecule has 0 amide bonds. The molecule has 44 rings (SSSR count). The summed E-state index contributed by atoms with van der Waals surface area (Å²) in [6, 6.07) is 0. The van der Waals surface area contributed by atoms with Crippen LogP contribution in [0.1, 0.15) is 244 Å². The van der Waals surface area contributed by atoms with E-state index >= 15 is 0 Å². The van der Waals surface area contributed by atoms with E-state index in [1.54, 1.807) is 103 Å². The topological polar surface area (TPSA) is 0 Å². The lowest BCUT2D eigenvalue weighted by Gasteiger charge is -2.87. The Morgan fingerprint density at radius 1 is 0.0645 bits per heavy atom. The van der Waals surface area contributed by atoms with Crippen molar-refractivity contribution in [3.05, 3.63) is 0 Å². The van der Waals surface area contributed by atoms with Gasteiger partial charge in [-0.3, -0.25) is 0 Å². The highest BCUT2D eigenvalue weighted by molar-refractivity contribution is 5.38. The average Bonchev–Trinajstić information content (AvgIpc) is 0.638. The van der Waals surface area contributed by atoms with Gasteiger partial charge >= 0.3 is 0 Å². The Hall–Kier alpha value is 0. The summed E-state index contributed by atoms with van der Waals surface area (Å²) in [5.74, 6) is 104. The molecule has 0 aliphatic heterocycles. The second kappa shape index (κ2) is 20.9. The average molecular weight is 1650 g/mol. The van der Waals surface area contributed by atoms with Crippen molar-refractivity contribution in [3.8, 4) is 0 Å². The quantitative estimate of drug-likeness (QED) is 0.227. The third-order valence-electron chi connectivity index (χ3n) is 67.4. The lowest BCUT2D eigenvalue weighted by Crippen LogP contribution is -2.83. The van der Waals surface area contributed by atoms with Crippen molar-refractivity contribution >= 4 is 0 Å². The van der Waals surface area contributed by atoms with Crippen LogP contribution in [-0.4, -0.2) is 0 Å². The first-order chi connectivity index (χ1) is 61.5. The van der Waals surface area contributed by atoms with E-state index < -0.39 is 0 Å². The van der Waals surface area contributed by atoms with Crippen LogP contribution in [0, 0.1) is 509 Å². The fourth-order valence-electron chi connectivity index (χ4n) is 72.1. The molecule has 0 heteroatoms. The van der Waals surface area contributed by atoms with Crippen LogP contribution >= 0.6 is 0 Å². The van der Waals surface area contributed by atoms with E-state index in [2.05, 4.69) is 0 Å². The summed E-state index contributed by atoms with van der Waals surface area (Å²) in [7, 11) is 0. The molecule has 44 fully saturated rings. The van der Waals surface area contributed by atoms with Gasteiger partial charge in [0.25, 0.3) is 0 Å². The lowest BCUT2D eigenvalue weighted by atomic mass is 9.17. The smallest absolute Gasteiger partial charge is 0.0312 e. The van der Waals surface area contributed by atoms with Crippen LogP contribution in [-0.2, 0) is 0 Å². The predicted octanol–water partition coefficient (Wildman–Crippen LogP) is 25.4. The van der Waals surface area contributed by atoms with E-state index in [0.717, 1.165) is 0 Å². The molecule has 44 saturated carbocycles. The molecular formula is C124H162. The Labute approximate surface area is 747 Å². The normalized spacial score (nSPS) is 82.3. The van der Waals surface area contributed by atoms with Gasteiger partial charge < -0.3 is 0 Å². The predicted molar refractivity (Wildman–Crippen MR) is 476 cm³/mol. The molecule has 0 N–H and O–H groups in total. The first kappa shape index (κ1) is 67.3. The van der Waals surface area contributed by atoms with Crippen LogP contribution < -0.4 is 0 Å². The largest absolute Gasteiger partial charge is 0.0527 e. The van der Waals surface area contributed by atoms with Gasteiger partial charge in [0, 0.05) is 0 Å². The fourth-order valence-corrected chi connectivity index (χ4v) is 72.1. The van der Waals surface area contributed by atoms with Crippen molar-refractivity contribution in [3.63, 3.8) is 0 Å². The van der Waals surface area contributed by atoms with Crippen LogP contribution in [0.15, 0.2) is 0 Å². The van der Waals surface area contributed by atoms with Crippen molar-refractivity contribution in [2.24, 2.45) is 509 Å². The summed E-state index contributed by atoms with van der Waals surface area (Å²) >= 11 is 0. The molecule has 44 aliphatic carbocycles. The number of fused-ring (bicyclic) bond motifs is 2. The van der Waals surface area contributed by atoms with Gasteiger partial charge in [0.15, 0.2) is 0 Å². The summed E-state index contributed by atoms with van der Waals surface area (Å²) in [6.07, 6.45) is 67.6. The van der Waals surface area contributed by atoms with Gasteiger partial charge in [-0.2, -0.15) is 0 Å².